The van der Waals surface area contributed by atoms with Crippen molar-refractivity contribution >= 4 is 34.8 Å². The number of hydrogen-bond donors (Lipinski definition) is 1. The molecule has 0 fully saturated rings. The van der Waals surface area contributed by atoms with Gasteiger partial charge in [-0.15, -0.1) is 0 Å². The summed E-state index contributed by atoms with van der Waals surface area (Å²) in [6.45, 7) is 3.51. The molecular weight excluding hydrogens is 283 g/mol. The van der Waals surface area contributed by atoms with Crippen molar-refractivity contribution < 1.29 is 4.79 Å². The molecule has 1 aromatic carbocycles. The van der Waals surface area contributed by atoms with E-state index in [1.807, 2.05) is 7.05 Å². The van der Waals surface area contributed by atoms with Crippen LogP contribution >= 0.6 is 23.2 Å². The minimum atomic E-state index is 0.147. The van der Waals surface area contributed by atoms with E-state index in [4.69, 9.17) is 23.2 Å². The largest absolute Gasteiger partial charge is 0.384 e. The normalized spacial score (nSPS) is 10.3. The Labute approximate surface area is 124 Å². The number of carbonyl (C=O) groups is 1. The van der Waals surface area contributed by atoms with E-state index in [0.29, 0.717) is 23.0 Å². The number of anilines is 1. The molecule has 0 radical (unpaired) electrons. The van der Waals surface area contributed by atoms with E-state index in [1.54, 1.807) is 23.1 Å². The number of carbonyl (C=O) groups excluding carboxylic acids is 1. The third kappa shape index (κ3) is 6.17. The Bertz CT molecular complexity index is 404. The Hall–Kier alpha value is -0.930. The topological polar surface area (TPSA) is 32.3 Å². The molecule has 19 heavy (non-hydrogen) atoms. The highest BCUT2D eigenvalue weighted by Gasteiger charge is 2.07. The number of rotatable bonds is 7. The second kappa shape index (κ2) is 8.28. The van der Waals surface area contributed by atoms with E-state index in [1.165, 1.54) is 0 Å². The summed E-state index contributed by atoms with van der Waals surface area (Å²) < 4.78 is 0. The molecule has 1 N–H and O–H groups in total. The Morgan fingerprint density at radius 1 is 1.26 bits per heavy atom. The highest BCUT2D eigenvalue weighted by Crippen LogP contribution is 2.22. The molecule has 0 spiro atoms. The monoisotopic (exact) mass is 302 g/mol. The Morgan fingerprint density at radius 3 is 2.47 bits per heavy atom. The van der Waals surface area contributed by atoms with E-state index in [9.17, 15) is 4.79 Å². The lowest BCUT2D eigenvalue weighted by Gasteiger charge is -2.17. The molecule has 0 heterocycles. The number of amides is 1. The zero-order chi connectivity index (χ0) is 14.3. The average molecular weight is 303 g/mol. The SMILES string of the molecule is CCCCN(C)C(=O)CCNc1cc(Cl)cc(Cl)c1. The van der Waals surface area contributed by atoms with Crippen LogP contribution in [-0.2, 0) is 4.79 Å². The lowest BCUT2D eigenvalue weighted by molar-refractivity contribution is -0.129. The van der Waals surface area contributed by atoms with Crippen LogP contribution in [0, 0.1) is 0 Å². The first-order valence-electron chi connectivity index (χ1n) is 6.47. The van der Waals surface area contributed by atoms with Gasteiger partial charge in [0.15, 0.2) is 0 Å². The molecule has 0 aromatic heterocycles. The van der Waals surface area contributed by atoms with Crippen molar-refractivity contribution in [2.75, 3.05) is 25.5 Å². The van der Waals surface area contributed by atoms with Gasteiger partial charge in [-0.05, 0) is 24.6 Å². The smallest absolute Gasteiger partial charge is 0.224 e. The van der Waals surface area contributed by atoms with E-state index in [-0.39, 0.29) is 5.91 Å². The molecule has 0 aliphatic rings. The van der Waals surface area contributed by atoms with Crippen LogP contribution in [0.3, 0.4) is 0 Å². The van der Waals surface area contributed by atoms with Crippen molar-refractivity contribution in [2.45, 2.75) is 26.2 Å². The van der Waals surface area contributed by atoms with Gasteiger partial charge >= 0.3 is 0 Å². The van der Waals surface area contributed by atoms with Gasteiger partial charge in [-0.25, -0.2) is 0 Å². The van der Waals surface area contributed by atoms with Gasteiger partial charge in [-0.1, -0.05) is 36.5 Å². The van der Waals surface area contributed by atoms with Crippen molar-refractivity contribution in [2.24, 2.45) is 0 Å². The maximum Gasteiger partial charge on any atom is 0.224 e. The molecule has 1 aromatic rings. The molecular formula is C14H20Cl2N2O. The summed E-state index contributed by atoms with van der Waals surface area (Å²) in [5.41, 5.74) is 0.835. The number of nitrogens with one attached hydrogen (secondary N) is 1. The Kier molecular flexibility index (Phi) is 7.03. The van der Waals surface area contributed by atoms with E-state index < -0.39 is 0 Å². The lowest BCUT2D eigenvalue weighted by Crippen LogP contribution is -2.29. The molecule has 0 aliphatic carbocycles. The summed E-state index contributed by atoms with van der Waals surface area (Å²) in [4.78, 5) is 13.6. The van der Waals surface area contributed by atoms with Gasteiger partial charge in [0.05, 0.1) is 0 Å². The summed E-state index contributed by atoms with van der Waals surface area (Å²) >= 11 is 11.8. The van der Waals surface area contributed by atoms with Crippen molar-refractivity contribution in [1.82, 2.24) is 4.90 Å². The minimum absolute atomic E-state index is 0.147. The fourth-order valence-electron chi connectivity index (χ4n) is 1.68. The quantitative estimate of drug-likeness (QED) is 0.824. The van der Waals surface area contributed by atoms with Gasteiger partial charge in [0.2, 0.25) is 5.91 Å². The summed E-state index contributed by atoms with van der Waals surface area (Å²) in [5.74, 6) is 0.147. The van der Waals surface area contributed by atoms with Crippen LogP contribution in [0.1, 0.15) is 26.2 Å². The van der Waals surface area contributed by atoms with Crippen molar-refractivity contribution in [3.63, 3.8) is 0 Å². The van der Waals surface area contributed by atoms with Crippen LogP contribution in [0.25, 0.3) is 0 Å². The van der Waals surface area contributed by atoms with Crippen molar-refractivity contribution in [3.05, 3.63) is 28.2 Å². The fourth-order valence-corrected chi connectivity index (χ4v) is 2.21. The first kappa shape index (κ1) is 16.1. The summed E-state index contributed by atoms with van der Waals surface area (Å²) in [7, 11) is 1.84. The molecule has 0 bridgehead atoms. The van der Waals surface area contributed by atoms with Crippen molar-refractivity contribution in [3.8, 4) is 0 Å². The number of hydrogen-bond acceptors (Lipinski definition) is 2. The number of unbranched alkanes of at least 4 members (excludes halogenated alkanes) is 1. The molecule has 0 saturated heterocycles. The highest BCUT2D eigenvalue weighted by molar-refractivity contribution is 6.35. The maximum atomic E-state index is 11.8. The van der Waals surface area contributed by atoms with Crippen LogP contribution < -0.4 is 5.32 Å². The molecule has 1 rings (SSSR count). The zero-order valence-corrected chi connectivity index (χ0v) is 12.9. The van der Waals surface area contributed by atoms with Gasteiger partial charge in [0.1, 0.15) is 0 Å². The third-order valence-corrected chi connectivity index (χ3v) is 3.24. The molecule has 0 atom stereocenters. The number of halogens is 2. The predicted molar refractivity (Wildman–Crippen MR) is 82.1 cm³/mol. The average Bonchev–Trinajstić information content (AvgIpc) is 2.34. The van der Waals surface area contributed by atoms with E-state index >= 15 is 0 Å². The van der Waals surface area contributed by atoms with Gasteiger partial charge in [0.25, 0.3) is 0 Å². The first-order chi connectivity index (χ1) is 9.02. The summed E-state index contributed by atoms with van der Waals surface area (Å²) in [5, 5.41) is 4.32. The van der Waals surface area contributed by atoms with Crippen LogP contribution in [0.15, 0.2) is 18.2 Å². The minimum Gasteiger partial charge on any atom is -0.384 e. The molecule has 5 heteroatoms. The Balaban J connectivity index is 2.35. The molecule has 0 unspecified atom stereocenters. The van der Waals surface area contributed by atoms with Gasteiger partial charge in [-0.2, -0.15) is 0 Å². The molecule has 0 aliphatic heterocycles. The van der Waals surface area contributed by atoms with Gasteiger partial charge in [-0.3, -0.25) is 4.79 Å². The lowest BCUT2D eigenvalue weighted by atomic mass is 10.3. The molecule has 3 nitrogen and oxygen atoms in total. The van der Waals surface area contributed by atoms with Gasteiger partial charge < -0.3 is 10.2 Å². The zero-order valence-electron chi connectivity index (χ0n) is 11.4. The Morgan fingerprint density at radius 2 is 1.89 bits per heavy atom. The van der Waals surface area contributed by atoms with Crippen LogP contribution in [0.4, 0.5) is 5.69 Å². The number of benzene rings is 1. The number of nitrogens with zero attached hydrogens (tertiary/aromatic N) is 1. The second-order valence-electron chi connectivity index (χ2n) is 4.50. The molecule has 106 valence electrons. The maximum absolute atomic E-state index is 11.8. The molecule has 1 amide bonds. The van der Waals surface area contributed by atoms with Crippen LogP contribution in [0.2, 0.25) is 10.0 Å². The van der Waals surface area contributed by atoms with E-state index in [2.05, 4.69) is 12.2 Å². The van der Waals surface area contributed by atoms with E-state index in [0.717, 1.165) is 25.1 Å². The summed E-state index contributed by atoms with van der Waals surface area (Å²) in [6, 6.07) is 5.26. The first-order valence-corrected chi connectivity index (χ1v) is 7.22. The van der Waals surface area contributed by atoms with Crippen molar-refractivity contribution in [1.29, 1.82) is 0 Å². The summed E-state index contributed by atoms with van der Waals surface area (Å²) in [6.07, 6.45) is 2.60. The molecule has 0 saturated carbocycles. The second-order valence-corrected chi connectivity index (χ2v) is 5.38. The standard InChI is InChI=1S/C14H20Cl2N2O/c1-3-4-7-18(2)14(19)5-6-17-13-9-11(15)8-12(16)10-13/h8-10,17H,3-7H2,1-2H3. The van der Waals surface area contributed by atoms with Crippen LogP contribution in [0.5, 0.6) is 0 Å². The van der Waals surface area contributed by atoms with Gasteiger partial charge in [0, 0.05) is 42.3 Å². The van der Waals surface area contributed by atoms with Crippen LogP contribution in [-0.4, -0.2) is 30.9 Å². The third-order valence-electron chi connectivity index (χ3n) is 2.80. The highest BCUT2D eigenvalue weighted by atomic mass is 35.5. The predicted octanol–water partition coefficient (Wildman–Crippen LogP) is 4.05. The fraction of sp³-hybridized carbons (Fsp3) is 0.500.